The van der Waals surface area contributed by atoms with Crippen LogP contribution in [-0.2, 0) is 4.79 Å². The maximum Gasteiger partial charge on any atom is 0.286 e. The predicted molar refractivity (Wildman–Crippen MR) is 87.0 cm³/mol. The highest BCUT2D eigenvalue weighted by molar-refractivity contribution is 5.94. The molecule has 0 radical (unpaired) electrons. The van der Waals surface area contributed by atoms with Gasteiger partial charge in [-0.3, -0.25) is 9.59 Å². The molecule has 0 fully saturated rings. The lowest BCUT2D eigenvalue weighted by molar-refractivity contribution is -0.118. The Balaban J connectivity index is 2.18. The van der Waals surface area contributed by atoms with E-state index in [1.54, 1.807) is 0 Å². The molecule has 0 aromatic heterocycles. The number of rotatable bonds is 9. The smallest absolute Gasteiger partial charge is 0.286 e. The molecule has 1 aromatic rings. The predicted octanol–water partition coefficient (Wildman–Crippen LogP) is 2.73. The van der Waals surface area contributed by atoms with Crippen molar-refractivity contribution in [2.75, 3.05) is 25.5 Å². The molecule has 22 heavy (non-hydrogen) atoms. The van der Waals surface area contributed by atoms with Crippen molar-refractivity contribution in [1.29, 1.82) is 0 Å². The summed E-state index contributed by atoms with van der Waals surface area (Å²) in [5.41, 5.74) is 1.70. The van der Waals surface area contributed by atoms with Gasteiger partial charge in [0.25, 0.3) is 11.8 Å². The zero-order chi connectivity index (χ0) is 16.4. The van der Waals surface area contributed by atoms with Crippen LogP contribution >= 0.6 is 0 Å². The second-order valence-electron chi connectivity index (χ2n) is 5.35. The van der Waals surface area contributed by atoms with Crippen molar-refractivity contribution in [2.24, 2.45) is 5.18 Å². The van der Waals surface area contributed by atoms with Crippen LogP contribution in [0.2, 0.25) is 0 Å². The molecule has 0 aliphatic rings. The molecule has 0 unspecified atom stereocenters. The number of amides is 2. The van der Waals surface area contributed by atoms with Crippen molar-refractivity contribution in [3.8, 4) is 0 Å². The first-order chi connectivity index (χ1) is 10.5. The number of nitrogens with one attached hydrogen (secondary N) is 1. The van der Waals surface area contributed by atoms with E-state index in [0.29, 0.717) is 18.5 Å². The number of unbranched alkanes of at least 4 members (excludes halogenated alkanes) is 3. The quantitative estimate of drug-likeness (QED) is 0.562. The molecule has 0 saturated heterocycles. The highest BCUT2D eigenvalue weighted by Crippen LogP contribution is 2.12. The van der Waals surface area contributed by atoms with Crippen LogP contribution in [0.3, 0.4) is 0 Å². The van der Waals surface area contributed by atoms with Crippen LogP contribution in [0.5, 0.6) is 0 Å². The lowest BCUT2D eigenvalue weighted by Crippen LogP contribution is -2.24. The Morgan fingerprint density at radius 1 is 1.05 bits per heavy atom. The van der Waals surface area contributed by atoms with Gasteiger partial charge >= 0.3 is 0 Å². The average Bonchev–Trinajstić information content (AvgIpc) is 2.53. The molecule has 6 heteroatoms. The first kappa shape index (κ1) is 17.8. The van der Waals surface area contributed by atoms with Crippen LogP contribution in [0.15, 0.2) is 29.4 Å². The molecule has 0 aliphatic heterocycles. The van der Waals surface area contributed by atoms with Gasteiger partial charge < -0.3 is 10.2 Å². The Kier molecular flexibility index (Phi) is 7.81. The van der Waals surface area contributed by atoms with E-state index in [9.17, 15) is 14.5 Å². The Bertz CT molecular complexity index is 498. The summed E-state index contributed by atoms with van der Waals surface area (Å²) >= 11 is 0. The van der Waals surface area contributed by atoms with Crippen molar-refractivity contribution >= 4 is 17.5 Å². The van der Waals surface area contributed by atoms with Crippen molar-refractivity contribution < 1.29 is 9.59 Å². The Labute approximate surface area is 130 Å². The fourth-order valence-corrected chi connectivity index (χ4v) is 2.02. The molecule has 6 nitrogen and oxygen atoms in total. The average molecular weight is 305 g/mol. The number of nitrogens with zero attached hydrogens (tertiary/aromatic N) is 2. The van der Waals surface area contributed by atoms with Gasteiger partial charge in [0.05, 0.1) is 0 Å². The molecule has 2 amide bonds. The number of benzene rings is 1. The number of nitroso groups, excluding NO2 is 1. The van der Waals surface area contributed by atoms with Gasteiger partial charge in [0.2, 0.25) is 0 Å². The third kappa shape index (κ3) is 6.47. The van der Waals surface area contributed by atoms with Gasteiger partial charge in [0.1, 0.15) is 0 Å². The lowest BCUT2D eigenvalue weighted by Gasteiger charge is -2.12. The lowest BCUT2D eigenvalue weighted by atomic mass is 10.1. The topological polar surface area (TPSA) is 78.8 Å². The van der Waals surface area contributed by atoms with E-state index in [1.807, 2.05) is 43.3 Å². The number of anilines is 1. The molecule has 1 rings (SSSR count). The Morgan fingerprint density at radius 3 is 2.27 bits per heavy atom. The van der Waals surface area contributed by atoms with Crippen molar-refractivity contribution in [1.82, 2.24) is 5.32 Å². The molecule has 0 bridgehead atoms. The third-order valence-corrected chi connectivity index (χ3v) is 3.35. The number of hydrogen-bond donors (Lipinski definition) is 1. The first-order valence-corrected chi connectivity index (χ1v) is 7.46. The fourth-order valence-electron chi connectivity index (χ4n) is 2.02. The molecule has 1 N–H and O–H groups in total. The van der Waals surface area contributed by atoms with E-state index < -0.39 is 5.91 Å². The second kappa shape index (κ2) is 9.65. The Morgan fingerprint density at radius 2 is 1.68 bits per heavy atom. The van der Waals surface area contributed by atoms with Gasteiger partial charge in [-0.1, -0.05) is 12.8 Å². The van der Waals surface area contributed by atoms with Gasteiger partial charge in [0, 0.05) is 43.5 Å². The van der Waals surface area contributed by atoms with Gasteiger partial charge in [-0.25, -0.2) is 0 Å². The maximum atomic E-state index is 11.9. The van der Waals surface area contributed by atoms with Gasteiger partial charge in [-0.2, -0.15) is 0 Å². The highest BCUT2D eigenvalue weighted by Gasteiger charge is 2.05. The van der Waals surface area contributed by atoms with E-state index in [2.05, 4.69) is 10.5 Å². The van der Waals surface area contributed by atoms with Gasteiger partial charge in [-0.05, 0) is 37.1 Å². The summed E-state index contributed by atoms with van der Waals surface area (Å²) in [4.78, 5) is 34.5. The van der Waals surface area contributed by atoms with Crippen LogP contribution in [0.1, 0.15) is 42.5 Å². The molecule has 0 spiro atoms. The van der Waals surface area contributed by atoms with Crippen LogP contribution in [-0.4, -0.2) is 32.5 Å². The van der Waals surface area contributed by atoms with Gasteiger partial charge in [0.15, 0.2) is 0 Å². The number of carbonyl (C=O) groups excluding carboxylic acids is 2. The summed E-state index contributed by atoms with van der Waals surface area (Å²) in [6, 6.07) is 7.44. The highest BCUT2D eigenvalue weighted by atomic mass is 16.3. The minimum absolute atomic E-state index is 0.0781. The first-order valence-electron chi connectivity index (χ1n) is 7.46. The van der Waals surface area contributed by atoms with E-state index in [0.717, 1.165) is 24.9 Å². The molecule has 120 valence electrons. The monoisotopic (exact) mass is 305 g/mol. The molecular weight excluding hydrogens is 282 g/mol. The minimum Gasteiger partial charge on any atom is -0.378 e. The molecular formula is C16H23N3O3. The third-order valence-electron chi connectivity index (χ3n) is 3.35. The van der Waals surface area contributed by atoms with E-state index in [1.165, 1.54) is 0 Å². The summed E-state index contributed by atoms with van der Waals surface area (Å²) in [6.45, 7) is 0.605. The van der Waals surface area contributed by atoms with Gasteiger partial charge in [-0.15, -0.1) is 4.91 Å². The van der Waals surface area contributed by atoms with Crippen LogP contribution in [0, 0.1) is 4.91 Å². The van der Waals surface area contributed by atoms with Crippen molar-refractivity contribution in [3.05, 3.63) is 34.7 Å². The zero-order valence-electron chi connectivity index (χ0n) is 13.2. The molecule has 0 atom stereocenters. The molecule has 1 aromatic carbocycles. The van der Waals surface area contributed by atoms with Crippen molar-refractivity contribution in [3.63, 3.8) is 0 Å². The molecule has 0 heterocycles. The van der Waals surface area contributed by atoms with Crippen LogP contribution in [0.4, 0.5) is 5.69 Å². The number of hydrogen-bond acceptors (Lipinski definition) is 4. The largest absolute Gasteiger partial charge is 0.378 e. The summed E-state index contributed by atoms with van der Waals surface area (Å²) < 4.78 is 0. The molecule has 0 aliphatic carbocycles. The Hall–Kier alpha value is -2.24. The SMILES string of the molecule is CN(C)c1ccc(C(=O)NCCCCCCC(=O)N=O)cc1. The van der Waals surface area contributed by atoms with E-state index in [4.69, 9.17) is 0 Å². The fraction of sp³-hybridized carbons (Fsp3) is 0.500. The summed E-state index contributed by atoms with van der Waals surface area (Å²) in [7, 11) is 3.90. The van der Waals surface area contributed by atoms with Crippen LogP contribution in [0.25, 0.3) is 0 Å². The molecule has 0 saturated carbocycles. The summed E-state index contributed by atoms with van der Waals surface area (Å²) in [6.07, 6.45) is 3.50. The maximum absolute atomic E-state index is 11.9. The summed E-state index contributed by atoms with van der Waals surface area (Å²) in [5, 5.41) is 5.22. The standard InChI is InChI=1S/C16H23N3O3/c1-19(2)14-10-8-13(9-11-14)16(21)17-12-6-4-3-5-7-15(20)18-22/h8-11H,3-7,12H2,1-2H3,(H,17,21). The van der Waals surface area contributed by atoms with Crippen molar-refractivity contribution in [2.45, 2.75) is 32.1 Å². The second-order valence-corrected chi connectivity index (χ2v) is 5.35. The minimum atomic E-state index is -0.588. The van der Waals surface area contributed by atoms with E-state index in [-0.39, 0.29) is 12.3 Å². The summed E-state index contributed by atoms with van der Waals surface area (Å²) in [5.74, 6) is -0.667. The number of carbonyl (C=O) groups is 2. The van der Waals surface area contributed by atoms with E-state index >= 15 is 0 Å². The van der Waals surface area contributed by atoms with Crippen LogP contribution < -0.4 is 10.2 Å². The normalized spacial score (nSPS) is 10.1. The zero-order valence-corrected chi connectivity index (χ0v) is 13.2.